The molecule has 1 amide bonds. The first-order valence-corrected chi connectivity index (χ1v) is 21.2. The average molecular weight is 739 g/mol. The highest BCUT2D eigenvalue weighted by Gasteiger charge is 2.24. The van der Waals surface area contributed by atoms with Gasteiger partial charge in [0.25, 0.3) is 0 Å². The molecule has 2 unspecified atom stereocenters. The molecule has 0 heterocycles. The van der Waals surface area contributed by atoms with Crippen molar-refractivity contribution in [2.75, 3.05) is 19.6 Å². The second kappa shape index (κ2) is 31.4. The lowest BCUT2D eigenvalue weighted by Crippen LogP contribution is -2.42. The fraction of sp³-hybridized carbons (Fsp3) is 0.689. The summed E-state index contributed by atoms with van der Waals surface area (Å²) in [6.07, 6.45) is 21.5. The Balaban J connectivity index is 1.89. The van der Waals surface area contributed by atoms with Gasteiger partial charge in [0.1, 0.15) is 19.3 Å². The summed E-state index contributed by atoms with van der Waals surface area (Å²) in [4.78, 5) is 28.1. The summed E-state index contributed by atoms with van der Waals surface area (Å²) in [7, 11) is 0. The minimum absolute atomic E-state index is 0.107. The zero-order chi connectivity index (χ0) is 38.2. The van der Waals surface area contributed by atoms with Gasteiger partial charge in [0, 0.05) is 13.1 Å². The largest absolute Gasteiger partial charge is 0.459 e. The van der Waals surface area contributed by atoms with Crippen LogP contribution < -0.4 is 5.32 Å². The number of aliphatic hydroxyl groups is 2. The minimum atomic E-state index is -0.851. The number of amides is 1. The summed E-state index contributed by atoms with van der Waals surface area (Å²) in [6.45, 7) is 6.45. The Bertz CT molecular complexity index is 1120. The van der Waals surface area contributed by atoms with Crippen molar-refractivity contribution in [1.29, 1.82) is 0 Å². The highest BCUT2D eigenvalue weighted by Crippen LogP contribution is 2.15. The highest BCUT2D eigenvalue weighted by atomic mass is 16.6. The zero-order valence-corrected chi connectivity index (χ0v) is 33.4. The second-order valence-corrected chi connectivity index (χ2v) is 14.9. The van der Waals surface area contributed by atoms with Gasteiger partial charge in [-0.1, -0.05) is 177 Å². The molecule has 8 heteroatoms. The minimum Gasteiger partial charge on any atom is -0.459 e. The van der Waals surface area contributed by atoms with Crippen LogP contribution in [-0.2, 0) is 27.5 Å². The predicted molar refractivity (Wildman–Crippen MR) is 217 cm³/mol. The quantitative estimate of drug-likeness (QED) is 0.0494. The maximum Gasteiger partial charge on any atom is 0.408 e. The maximum absolute atomic E-state index is 13.2. The molecule has 8 nitrogen and oxygen atoms in total. The molecule has 0 saturated heterocycles. The molecule has 53 heavy (non-hydrogen) atoms. The van der Waals surface area contributed by atoms with Crippen LogP contribution >= 0.6 is 0 Å². The third-order valence-corrected chi connectivity index (χ3v) is 9.95. The number of aliphatic hydroxyl groups excluding tert-OH is 2. The molecule has 300 valence electrons. The summed E-state index contributed by atoms with van der Waals surface area (Å²) in [5, 5.41) is 24.7. The van der Waals surface area contributed by atoms with Crippen molar-refractivity contribution >= 4 is 12.1 Å². The topological polar surface area (TPSA) is 108 Å². The van der Waals surface area contributed by atoms with E-state index in [4.69, 9.17) is 9.47 Å². The number of unbranched alkanes of at least 4 members (excludes halogenated alkanes) is 15. The lowest BCUT2D eigenvalue weighted by atomic mass is 10.0. The molecule has 2 aromatic rings. The van der Waals surface area contributed by atoms with E-state index in [0.29, 0.717) is 32.5 Å². The molecule has 0 aliphatic rings. The first-order chi connectivity index (χ1) is 25.9. The van der Waals surface area contributed by atoms with Crippen molar-refractivity contribution in [2.45, 2.75) is 180 Å². The third-order valence-electron chi connectivity index (χ3n) is 9.95. The molecule has 0 aliphatic heterocycles. The van der Waals surface area contributed by atoms with E-state index >= 15 is 0 Å². The zero-order valence-electron chi connectivity index (χ0n) is 33.4. The predicted octanol–water partition coefficient (Wildman–Crippen LogP) is 10.3. The lowest BCUT2D eigenvalue weighted by Gasteiger charge is -2.28. The molecular formula is C45H74N2O6. The van der Waals surface area contributed by atoms with Gasteiger partial charge in [-0.2, -0.15) is 0 Å². The Morgan fingerprint density at radius 2 is 0.981 bits per heavy atom. The summed E-state index contributed by atoms with van der Waals surface area (Å²) < 4.78 is 11.0. The highest BCUT2D eigenvalue weighted by molar-refractivity contribution is 5.81. The first-order valence-electron chi connectivity index (χ1n) is 21.2. The van der Waals surface area contributed by atoms with E-state index in [1.54, 1.807) is 0 Å². The van der Waals surface area contributed by atoms with Gasteiger partial charge >= 0.3 is 12.1 Å². The fourth-order valence-corrected chi connectivity index (χ4v) is 6.73. The Morgan fingerprint density at radius 3 is 1.45 bits per heavy atom. The number of ether oxygens (including phenoxy) is 2. The number of alkyl carbamates (subject to hydrolysis) is 1. The smallest absolute Gasteiger partial charge is 0.408 e. The second-order valence-electron chi connectivity index (χ2n) is 14.9. The van der Waals surface area contributed by atoms with Gasteiger partial charge in [-0.15, -0.1) is 0 Å². The molecule has 2 aromatic carbocycles. The van der Waals surface area contributed by atoms with Gasteiger partial charge < -0.3 is 25.0 Å². The number of carbonyl (C=O) groups is 2. The lowest BCUT2D eigenvalue weighted by molar-refractivity contribution is -0.147. The molecule has 0 spiro atoms. The number of nitrogens with zero attached hydrogens (tertiary/aromatic N) is 1. The molecule has 0 saturated carbocycles. The SMILES string of the molecule is CCCCCCCCCCC(O)CN(CCCC[C@H](NC(=O)OCc1ccccc1)C(=O)OCc1ccccc1)CC(O)CCCCCCCCCC. The van der Waals surface area contributed by atoms with Crippen molar-refractivity contribution in [2.24, 2.45) is 0 Å². The Morgan fingerprint density at radius 1 is 0.566 bits per heavy atom. The van der Waals surface area contributed by atoms with Crippen LogP contribution in [0.25, 0.3) is 0 Å². The van der Waals surface area contributed by atoms with Crippen LogP contribution in [0.1, 0.15) is 160 Å². The molecule has 0 aliphatic carbocycles. The first kappa shape index (κ1) is 46.2. The molecule has 0 aromatic heterocycles. The van der Waals surface area contributed by atoms with Crippen molar-refractivity contribution in [3.63, 3.8) is 0 Å². The summed E-state index contributed by atoms with van der Waals surface area (Å²) in [5.41, 5.74) is 1.73. The van der Waals surface area contributed by atoms with Crippen molar-refractivity contribution in [1.82, 2.24) is 10.2 Å². The van der Waals surface area contributed by atoms with Crippen LogP contribution in [0.2, 0.25) is 0 Å². The molecule has 0 bridgehead atoms. The number of esters is 1. The number of benzene rings is 2. The van der Waals surface area contributed by atoms with Gasteiger partial charge in [0.2, 0.25) is 0 Å². The van der Waals surface area contributed by atoms with E-state index in [-0.39, 0.29) is 13.2 Å². The Hall–Kier alpha value is -2.94. The van der Waals surface area contributed by atoms with E-state index in [2.05, 4.69) is 24.1 Å². The Labute approximate surface area is 322 Å². The molecular weight excluding hydrogens is 665 g/mol. The Kier molecular flexibility index (Phi) is 27.4. The van der Waals surface area contributed by atoms with E-state index < -0.39 is 30.3 Å². The van der Waals surface area contributed by atoms with Gasteiger partial charge in [-0.3, -0.25) is 4.90 Å². The van der Waals surface area contributed by atoms with Crippen LogP contribution in [0.5, 0.6) is 0 Å². The van der Waals surface area contributed by atoms with Gasteiger partial charge in [-0.25, -0.2) is 9.59 Å². The fourth-order valence-electron chi connectivity index (χ4n) is 6.73. The van der Waals surface area contributed by atoms with Crippen LogP contribution in [0.15, 0.2) is 60.7 Å². The summed E-state index contributed by atoms with van der Waals surface area (Å²) >= 11 is 0. The van der Waals surface area contributed by atoms with Crippen molar-refractivity contribution in [3.8, 4) is 0 Å². The van der Waals surface area contributed by atoms with Crippen molar-refractivity contribution < 1.29 is 29.3 Å². The number of hydrogen-bond acceptors (Lipinski definition) is 7. The number of nitrogens with one attached hydrogen (secondary N) is 1. The van der Waals surface area contributed by atoms with Crippen LogP contribution in [0.3, 0.4) is 0 Å². The van der Waals surface area contributed by atoms with E-state index in [1.807, 2.05) is 60.7 Å². The van der Waals surface area contributed by atoms with E-state index in [0.717, 1.165) is 56.1 Å². The molecule has 3 N–H and O–H groups in total. The number of carbonyl (C=O) groups excluding carboxylic acids is 2. The standard InChI is InChI=1S/C45H74N2O6/c1-3-5-7-9-11-13-15-23-31-41(48)35-47(36-42(49)32-24-16-14-12-10-8-6-4-2)34-26-25-33-43(44(50)52-37-39-27-19-17-20-28-39)46-45(51)53-38-40-29-21-18-22-30-40/h17-22,27-30,41-43,48-49H,3-16,23-26,31-38H2,1-2H3,(H,46,51)/t41?,42?,43-/m0/s1. The van der Waals surface area contributed by atoms with Crippen LogP contribution in [-0.4, -0.2) is 65.1 Å². The van der Waals surface area contributed by atoms with E-state index in [1.165, 1.54) is 77.0 Å². The van der Waals surface area contributed by atoms with Gasteiger partial charge in [-0.05, 0) is 49.8 Å². The van der Waals surface area contributed by atoms with Crippen LogP contribution in [0.4, 0.5) is 4.79 Å². The molecule has 2 rings (SSSR count). The van der Waals surface area contributed by atoms with Gasteiger partial charge in [0.05, 0.1) is 12.2 Å². The van der Waals surface area contributed by atoms with E-state index in [9.17, 15) is 19.8 Å². The summed E-state index contributed by atoms with van der Waals surface area (Å²) in [5.74, 6) is -0.496. The summed E-state index contributed by atoms with van der Waals surface area (Å²) in [6, 6.07) is 18.1. The average Bonchev–Trinajstić information content (AvgIpc) is 3.17. The molecule has 3 atom stereocenters. The van der Waals surface area contributed by atoms with Crippen molar-refractivity contribution in [3.05, 3.63) is 71.8 Å². The van der Waals surface area contributed by atoms with Crippen LogP contribution in [0, 0.1) is 0 Å². The van der Waals surface area contributed by atoms with Gasteiger partial charge in [0.15, 0.2) is 0 Å². The molecule has 0 fully saturated rings. The maximum atomic E-state index is 13.2. The number of rotatable bonds is 33. The third kappa shape index (κ3) is 24.9. The normalized spacial score (nSPS) is 13.1. The molecule has 0 radical (unpaired) electrons. The number of hydrogen-bond donors (Lipinski definition) is 3. The monoisotopic (exact) mass is 739 g/mol.